The summed E-state index contributed by atoms with van der Waals surface area (Å²) in [6.45, 7) is 0. The van der Waals surface area contributed by atoms with E-state index in [1.165, 1.54) is 12.1 Å². The SMILES string of the molecule is NC(=S)Oc1cccc(F)c1F. The van der Waals surface area contributed by atoms with Crippen LogP contribution in [-0.2, 0) is 0 Å². The van der Waals surface area contributed by atoms with Crippen molar-refractivity contribution in [3.05, 3.63) is 29.8 Å². The molecule has 0 fully saturated rings. The smallest absolute Gasteiger partial charge is 0.259 e. The first kappa shape index (κ1) is 8.86. The summed E-state index contributed by atoms with van der Waals surface area (Å²) in [5.41, 5.74) is 4.96. The highest BCUT2D eigenvalue weighted by Gasteiger charge is 2.08. The van der Waals surface area contributed by atoms with E-state index in [9.17, 15) is 8.78 Å². The minimum absolute atomic E-state index is 0.303. The van der Waals surface area contributed by atoms with Crippen LogP contribution in [-0.4, -0.2) is 5.17 Å². The van der Waals surface area contributed by atoms with Crippen molar-refractivity contribution in [2.45, 2.75) is 0 Å². The molecule has 0 unspecified atom stereocenters. The van der Waals surface area contributed by atoms with Crippen molar-refractivity contribution in [3.63, 3.8) is 0 Å². The summed E-state index contributed by atoms with van der Waals surface area (Å²) < 4.78 is 29.8. The molecular formula is C7H5F2NOS. The van der Waals surface area contributed by atoms with Gasteiger partial charge in [-0.2, -0.15) is 4.39 Å². The van der Waals surface area contributed by atoms with Crippen molar-refractivity contribution in [1.29, 1.82) is 0 Å². The Bertz CT molecular complexity index is 316. The lowest BCUT2D eigenvalue weighted by Gasteiger charge is -2.03. The molecule has 0 bridgehead atoms. The molecule has 0 saturated heterocycles. The van der Waals surface area contributed by atoms with Crippen molar-refractivity contribution < 1.29 is 13.5 Å². The van der Waals surface area contributed by atoms with Gasteiger partial charge in [0.2, 0.25) is 5.82 Å². The van der Waals surface area contributed by atoms with Gasteiger partial charge in [0.15, 0.2) is 11.6 Å². The van der Waals surface area contributed by atoms with Gasteiger partial charge in [0.25, 0.3) is 5.17 Å². The van der Waals surface area contributed by atoms with Gasteiger partial charge in [0, 0.05) is 0 Å². The van der Waals surface area contributed by atoms with Gasteiger partial charge >= 0.3 is 0 Å². The Hall–Kier alpha value is -1.23. The van der Waals surface area contributed by atoms with Crippen LogP contribution in [0, 0.1) is 11.6 Å². The lowest BCUT2D eigenvalue weighted by Crippen LogP contribution is -2.16. The van der Waals surface area contributed by atoms with E-state index in [1.54, 1.807) is 0 Å². The van der Waals surface area contributed by atoms with Crippen molar-refractivity contribution >= 4 is 17.4 Å². The summed E-state index contributed by atoms with van der Waals surface area (Å²) >= 11 is 4.35. The molecule has 0 amide bonds. The number of rotatable bonds is 1. The maximum Gasteiger partial charge on any atom is 0.259 e. The Morgan fingerprint density at radius 2 is 2.08 bits per heavy atom. The second kappa shape index (κ2) is 3.44. The summed E-state index contributed by atoms with van der Waals surface area (Å²) in [4.78, 5) is 0. The molecule has 0 spiro atoms. The van der Waals surface area contributed by atoms with Crippen molar-refractivity contribution in [3.8, 4) is 5.75 Å². The first-order chi connectivity index (χ1) is 5.61. The zero-order chi connectivity index (χ0) is 9.14. The van der Waals surface area contributed by atoms with Crippen LogP contribution in [0.1, 0.15) is 0 Å². The predicted molar refractivity (Wildman–Crippen MR) is 43.8 cm³/mol. The van der Waals surface area contributed by atoms with Gasteiger partial charge in [0.1, 0.15) is 0 Å². The third-order valence-corrected chi connectivity index (χ3v) is 1.21. The minimum Gasteiger partial charge on any atom is -0.429 e. The molecule has 1 aromatic carbocycles. The fourth-order valence-corrected chi connectivity index (χ4v) is 0.761. The molecule has 5 heteroatoms. The van der Waals surface area contributed by atoms with Gasteiger partial charge in [-0.1, -0.05) is 6.07 Å². The summed E-state index contributed by atoms with van der Waals surface area (Å²) in [5, 5.41) is -0.348. The molecule has 0 saturated carbocycles. The topological polar surface area (TPSA) is 35.2 Å². The Morgan fingerprint density at radius 3 is 2.67 bits per heavy atom. The van der Waals surface area contributed by atoms with Crippen molar-refractivity contribution in [1.82, 2.24) is 0 Å². The van der Waals surface area contributed by atoms with Gasteiger partial charge in [-0.05, 0) is 24.4 Å². The van der Waals surface area contributed by atoms with E-state index in [0.717, 1.165) is 6.07 Å². The van der Waals surface area contributed by atoms with E-state index in [4.69, 9.17) is 5.73 Å². The number of ether oxygens (including phenoxy) is 1. The Balaban J connectivity index is 3.00. The van der Waals surface area contributed by atoms with Crippen LogP contribution in [0.3, 0.4) is 0 Å². The van der Waals surface area contributed by atoms with Crippen LogP contribution >= 0.6 is 12.2 Å². The second-order valence-corrected chi connectivity index (χ2v) is 2.38. The highest BCUT2D eigenvalue weighted by Crippen LogP contribution is 2.18. The number of thiocarbonyl (C=S) groups is 1. The minimum atomic E-state index is -1.09. The fourth-order valence-electron chi connectivity index (χ4n) is 0.671. The molecular weight excluding hydrogens is 184 g/mol. The Kier molecular flexibility index (Phi) is 2.54. The van der Waals surface area contributed by atoms with E-state index >= 15 is 0 Å². The van der Waals surface area contributed by atoms with E-state index in [-0.39, 0.29) is 10.9 Å². The normalized spacial score (nSPS) is 9.50. The molecule has 0 aliphatic carbocycles. The maximum atomic E-state index is 12.7. The third-order valence-electron chi connectivity index (χ3n) is 1.13. The predicted octanol–water partition coefficient (Wildman–Crippen LogP) is 1.59. The molecule has 0 aliphatic rings. The average Bonchev–Trinajstić information content (AvgIpc) is 1.98. The highest BCUT2D eigenvalue weighted by atomic mass is 32.1. The third kappa shape index (κ3) is 1.88. The van der Waals surface area contributed by atoms with E-state index in [2.05, 4.69) is 17.0 Å². The molecule has 2 nitrogen and oxygen atoms in total. The number of hydrogen-bond donors (Lipinski definition) is 1. The zero-order valence-electron chi connectivity index (χ0n) is 5.88. The highest BCUT2D eigenvalue weighted by molar-refractivity contribution is 7.80. The van der Waals surface area contributed by atoms with Crippen LogP contribution in [0.15, 0.2) is 18.2 Å². The van der Waals surface area contributed by atoms with Crippen LogP contribution in [0.4, 0.5) is 8.78 Å². The number of nitrogens with two attached hydrogens (primary N) is 1. The average molecular weight is 189 g/mol. The molecule has 2 N–H and O–H groups in total. The first-order valence-electron chi connectivity index (χ1n) is 3.02. The lowest BCUT2D eigenvalue weighted by atomic mass is 10.3. The molecule has 0 aromatic heterocycles. The maximum absolute atomic E-state index is 12.7. The Morgan fingerprint density at radius 1 is 1.42 bits per heavy atom. The number of benzene rings is 1. The van der Waals surface area contributed by atoms with Gasteiger partial charge < -0.3 is 10.5 Å². The van der Waals surface area contributed by atoms with Crippen LogP contribution < -0.4 is 10.5 Å². The van der Waals surface area contributed by atoms with Crippen LogP contribution in [0.25, 0.3) is 0 Å². The Labute approximate surface area is 72.9 Å². The van der Waals surface area contributed by atoms with E-state index < -0.39 is 11.6 Å². The zero-order valence-corrected chi connectivity index (χ0v) is 6.70. The molecule has 0 atom stereocenters. The molecule has 0 aliphatic heterocycles. The van der Waals surface area contributed by atoms with Crippen molar-refractivity contribution in [2.75, 3.05) is 0 Å². The van der Waals surface area contributed by atoms with Crippen LogP contribution in [0.5, 0.6) is 5.75 Å². The second-order valence-electron chi connectivity index (χ2n) is 1.97. The molecule has 0 heterocycles. The first-order valence-corrected chi connectivity index (χ1v) is 3.43. The molecule has 64 valence electrons. The summed E-state index contributed by atoms with van der Waals surface area (Å²) in [6, 6.07) is 3.51. The fraction of sp³-hybridized carbons (Fsp3) is 0. The molecule has 0 radical (unpaired) electrons. The molecule has 1 rings (SSSR count). The molecule has 12 heavy (non-hydrogen) atoms. The molecule has 1 aromatic rings. The summed E-state index contributed by atoms with van der Waals surface area (Å²) in [5.74, 6) is -2.39. The van der Waals surface area contributed by atoms with E-state index in [0.29, 0.717) is 0 Å². The largest absolute Gasteiger partial charge is 0.429 e. The van der Waals surface area contributed by atoms with Gasteiger partial charge in [-0.3, -0.25) is 0 Å². The lowest BCUT2D eigenvalue weighted by molar-refractivity contribution is 0.449. The summed E-state index contributed by atoms with van der Waals surface area (Å²) in [6.07, 6.45) is 0. The van der Waals surface area contributed by atoms with E-state index in [1.807, 2.05) is 0 Å². The summed E-state index contributed by atoms with van der Waals surface area (Å²) in [7, 11) is 0. The van der Waals surface area contributed by atoms with Gasteiger partial charge in [-0.25, -0.2) is 4.39 Å². The van der Waals surface area contributed by atoms with Gasteiger partial charge in [0.05, 0.1) is 0 Å². The standard InChI is InChI=1S/C7H5F2NOS/c8-4-2-1-3-5(6(4)9)11-7(10)12/h1-3H,(H2,10,12). The monoisotopic (exact) mass is 189 g/mol. The van der Waals surface area contributed by atoms with Crippen LogP contribution in [0.2, 0.25) is 0 Å². The van der Waals surface area contributed by atoms with Gasteiger partial charge in [-0.15, -0.1) is 0 Å². The number of halogens is 2. The van der Waals surface area contributed by atoms with Crippen molar-refractivity contribution in [2.24, 2.45) is 5.73 Å². The number of hydrogen-bond acceptors (Lipinski definition) is 2. The quantitative estimate of drug-likeness (QED) is 0.681.